The summed E-state index contributed by atoms with van der Waals surface area (Å²) in [6.45, 7) is 0. The van der Waals surface area contributed by atoms with E-state index in [0.717, 1.165) is 17.6 Å². The molecule has 0 radical (unpaired) electrons. The fourth-order valence-electron chi connectivity index (χ4n) is 3.21. The molecular formula is C22H20Cl2O3. The molecule has 1 fully saturated rings. The molecule has 0 saturated heterocycles. The van der Waals surface area contributed by atoms with Crippen LogP contribution in [0.15, 0.2) is 47.5 Å². The molecule has 0 aliphatic heterocycles. The molecule has 3 nitrogen and oxygen atoms in total. The van der Waals surface area contributed by atoms with Gasteiger partial charge in [0.25, 0.3) is 0 Å². The highest BCUT2D eigenvalue weighted by Crippen LogP contribution is 2.36. The molecule has 1 aliphatic carbocycles. The molecule has 5 heteroatoms. The fraction of sp³-hybridized carbons (Fsp3) is 0.227. The van der Waals surface area contributed by atoms with Crippen LogP contribution >= 0.6 is 23.2 Å². The van der Waals surface area contributed by atoms with Gasteiger partial charge in [-0.25, -0.2) is 0 Å². The zero-order valence-electron chi connectivity index (χ0n) is 15.2. The van der Waals surface area contributed by atoms with Crippen LogP contribution in [-0.2, 0) is 4.79 Å². The summed E-state index contributed by atoms with van der Waals surface area (Å²) in [5.74, 6) is 1.27. The van der Waals surface area contributed by atoms with Gasteiger partial charge in [-0.05, 0) is 49.6 Å². The first-order valence-corrected chi connectivity index (χ1v) is 9.41. The number of hydrogen-bond donors (Lipinski definition) is 0. The second kappa shape index (κ2) is 8.64. The summed E-state index contributed by atoms with van der Waals surface area (Å²) in [5, 5.41) is 1.07. The quantitative estimate of drug-likeness (QED) is 0.568. The summed E-state index contributed by atoms with van der Waals surface area (Å²) < 4.78 is 10.8. The maximum Gasteiger partial charge on any atom is 0.185 e. The number of para-hydroxylation sites is 1. The van der Waals surface area contributed by atoms with Gasteiger partial charge in [-0.2, -0.15) is 0 Å². The van der Waals surface area contributed by atoms with Crippen LogP contribution < -0.4 is 9.47 Å². The summed E-state index contributed by atoms with van der Waals surface area (Å²) in [4.78, 5) is 13.0. The van der Waals surface area contributed by atoms with E-state index in [0.29, 0.717) is 45.5 Å². The minimum absolute atomic E-state index is 0.0158. The van der Waals surface area contributed by atoms with E-state index in [1.54, 1.807) is 32.4 Å². The number of allylic oxidation sites excluding steroid dienone is 2. The SMILES string of the molecule is COc1cccc(/C=C2\CCC/C(=C\c3c(Cl)cccc3Cl)C2=O)c1OC. The van der Waals surface area contributed by atoms with Gasteiger partial charge in [-0.1, -0.05) is 41.4 Å². The van der Waals surface area contributed by atoms with Crippen LogP contribution in [0.25, 0.3) is 12.2 Å². The first kappa shape index (κ1) is 19.5. The van der Waals surface area contributed by atoms with Gasteiger partial charge >= 0.3 is 0 Å². The van der Waals surface area contributed by atoms with Gasteiger partial charge in [-0.15, -0.1) is 0 Å². The van der Waals surface area contributed by atoms with Crippen molar-refractivity contribution in [2.24, 2.45) is 0 Å². The van der Waals surface area contributed by atoms with Crippen LogP contribution in [0.1, 0.15) is 30.4 Å². The van der Waals surface area contributed by atoms with Crippen molar-refractivity contribution < 1.29 is 14.3 Å². The van der Waals surface area contributed by atoms with E-state index in [1.807, 2.05) is 30.4 Å². The molecular weight excluding hydrogens is 383 g/mol. The van der Waals surface area contributed by atoms with Crippen LogP contribution in [0.5, 0.6) is 11.5 Å². The van der Waals surface area contributed by atoms with Gasteiger partial charge in [0.2, 0.25) is 0 Å². The zero-order chi connectivity index (χ0) is 19.4. The van der Waals surface area contributed by atoms with E-state index >= 15 is 0 Å². The number of ketones is 1. The standard InChI is InChI=1S/C22H20Cl2O3/c1-26-20-11-4-8-16(22(20)27-2)12-14-6-3-7-15(21(14)25)13-17-18(23)9-5-10-19(17)24/h4-5,8-13H,3,6-7H2,1-2H3/b14-12+,15-13+. The Balaban J connectivity index is 1.99. The van der Waals surface area contributed by atoms with Crippen LogP contribution in [0.2, 0.25) is 10.0 Å². The molecule has 0 atom stereocenters. The number of rotatable bonds is 4. The van der Waals surface area contributed by atoms with E-state index < -0.39 is 0 Å². The number of hydrogen-bond acceptors (Lipinski definition) is 3. The second-order valence-corrected chi connectivity index (χ2v) is 7.05. The fourth-order valence-corrected chi connectivity index (χ4v) is 3.72. The third-order valence-corrected chi connectivity index (χ3v) is 5.22. The molecule has 0 aromatic heterocycles. The van der Waals surface area contributed by atoms with Crippen LogP contribution in [0.4, 0.5) is 0 Å². The van der Waals surface area contributed by atoms with Gasteiger partial charge in [0.1, 0.15) is 0 Å². The maximum absolute atomic E-state index is 13.0. The highest BCUT2D eigenvalue weighted by molar-refractivity contribution is 6.37. The van der Waals surface area contributed by atoms with E-state index in [1.165, 1.54) is 0 Å². The Hall–Kier alpha value is -2.23. The lowest BCUT2D eigenvalue weighted by Crippen LogP contribution is -2.12. The molecule has 0 heterocycles. The molecule has 0 bridgehead atoms. The van der Waals surface area contributed by atoms with E-state index in [4.69, 9.17) is 32.7 Å². The average Bonchev–Trinajstić information content (AvgIpc) is 2.67. The molecule has 0 spiro atoms. The van der Waals surface area contributed by atoms with E-state index in [2.05, 4.69) is 0 Å². The van der Waals surface area contributed by atoms with Crippen molar-refractivity contribution >= 4 is 41.1 Å². The predicted octanol–water partition coefficient (Wildman–Crippen LogP) is 6.23. The molecule has 3 rings (SSSR count). The number of benzene rings is 2. The van der Waals surface area contributed by atoms with Crippen molar-refractivity contribution in [1.29, 1.82) is 0 Å². The molecule has 0 unspecified atom stereocenters. The highest BCUT2D eigenvalue weighted by Gasteiger charge is 2.22. The van der Waals surface area contributed by atoms with Gasteiger partial charge < -0.3 is 9.47 Å². The molecule has 27 heavy (non-hydrogen) atoms. The van der Waals surface area contributed by atoms with Crippen molar-refractivity contribution in [1.82, 2.24) is 0 Å². The van der Waals surface area contributed by atoms with Crippen molar-refractivity contribution in [3.05, 3.63) is 68.7 Å². The maximum atomic E-state index is 13.0. The van der Waals surface area contributed by atoms with Crippen LogP contribution in [0, 0.1) is 0 Å². The summed E-state index contributed by atoms with van der Waals surface area (Å²) in [5.41, 5.74) is 2.95. The molecule has 140 valence electrons. The monoisotopic (exact) mass is 402 g/mol. The minimum Gasteiger partial charge on any atom is -0.493 e. The molecule has 2 aromatic rings. The lowest BCUT2D eigenvalue weighted by atomic mass is 9.86. The molecule has 1 aliphatic rings. The lowest BCUT2D eigenvalue weighted by molar-refractivity contribution is -0.112. The van der Waals surface area contributed by atoms with Crippen molar-refractivity contribution in [2.75, 3.05) is 14.2 Å². The third kappa shape index (κ3) is 4.20. The van der Waals surface area contributed by atoms with Gasteiger partial charge in [0, 0.05) is 32.3 Å². The van der Waals surface area contributed by atoms with Crippen molar-refractivity contribution in [3.63, 3.8) is 0 Å². The van der Waals surface area contributed by atoms with Crippen LogP contribution in [-0.4, -0.2) is 20.0 Å². The van der Waals surface area contributed by atoms with Gasteiger partial charge in [0.05, 0.1) is 14.2 Å². The Morgan fingerprint density at radius 1 is 0.889 bits per heavy atom. The largest absolute Gasteiger partial charge is 0.493 e. The zero-order valence-corrected chi connectivity index (χ0v) is 16.7. The van der Waals surface area contributed by atoms with Crippen LogP contribution in [0.3, 0.4) is 0 Å². The van der Waals surface area contributed by atoms with Crippen molar-refractivity contribution in [2.45, 2.75) is 19.3 Å². The Kier molecular flexibility index (Phi) is 6.25. The summed E-state index contributed by atoms with van der Waals surface area (Å²) >= 11 is 12.5. The number of halogens is 2. The predicted molar refractivity (Wildman–Crippen MR) is 111 cm³/mol. The second-order valence-electron chi connectivity index (χ2n) is 6.24. The minimum atomic E-state index is 0.0158. The van der Waals surface area contributed by atoms with Gasteiger partial charge in [0.15, 0.2) is 17.3 Å². The highest BCUT2D eigenvalue weighted by atomic mass is 35.5. The first-order valence-electron chi connectivity index (χ1n) is 8.66. The summed E-state index contributed by atoms with van der Waals surface area (Å²) in [7, 11) is 3.18. The topological polar surface area (TPSA) is 35.5 Å². The Morgan fingerprint density at radius 3 is 2.15 bits per heavy atom. The summed E-state index contributed by atoms with van der Waals surface area (Å²) in [6, 6.07) is 10.9. The number of ether oxygens (including phenoxy) is 2. The summed E-state index contributed by atoms with van der Waals surface area (Å²) in [6.07, 6.45) is 5.99. The molecule has 0 N–H and O–H groups in total. The third-order valence-electron chi connectivity index (χ3n) is 4.56. The van der Waals surface area contributed by atoms with Crippen molar-refractivity contribution in [3.8, 4) is 11.5 Å². The Labute approximate surface area is 169 Å². The Bertz CT molecular complexity index is 909. The number of Topliss-reactive ketones (excluding diaryl/α,β-unsaturated/α-hetero) is 1. The van der Waals surface area contributed by atoms with E-state index in [-0.39, 0.29) is 5.78 Å². The number of methoxy groups -OCH3 is 2. The van der Waals surface area contributed by atoms with E-state index in [9.17, 15) is 4.79 Å². The first-order chi connectivity index (χ1) is 13.0. The molecule has 0 amide bonds. The van der Waals surface area contributed by atoms with Gasteiger partial charge in [-0.3, -0.25) is 4.79 Å². The average molecular weight is 403 g/mol. The molecule has 1 saturated carbocycles. The number of carbonyl (C=O) groups excluding carboxylic acids is 1. The molecule has 2 aromatic carbocycles. The Morgan fingerprint density at radius 2 is 1.52 bits per heavy atom. The normalized spacial score (nSPS) is 17.4. The number of carbonyl (C=O) groups is 1. The lowest BCUT2D eigenvalue weighted by Gasteiger charge is -2.18. The smallest absolute Gasteiger partial charge is 0.185 e.